The molecule has 0 bridgehead atoms. The van der Waals surface area contributed by atoms with Crippen molar-refractivity contribution in [3.63, 3.8) is 0 Å². The number of nitrogen functional groups attached to an aromatic ring is 1. The van der Waals surface area contributed by atoms with Crippen molar-refractivity contribution >= 4 is 33.4 Å². The van der Waals surface area contributed by atoms with Crippen molar-refractivity contribution in [2.24, 2.45) is 0 Å². The zero-order chi connectivity index (χ0) is 12.3. The average Bonchev–Trinajstić information content (AvgIpc) is 2.35. The summed E-state index contributed by atoms with van der Waals surface area (Å²) < 4.78 is 5.75. The van der Waals surface area contributed by atoms with E-state index in [0.29, 0.717) is 16.2 Å². The number of ether oxygens (including phenoxy) is 1. The van der Waals surface area contributed by atoms with Crippen molar-refractivity contribution in [1.29, 1.82) is 0 Å². The Kier molecular flexibility index (Phi) is 3.43. The summed E-state index contributed by atoms with van der Waals surface area (Å²) in [6.07, 6.45) is 1.61. The van der Waals surface area contributed by atoms with Gasteiger partial charge in [-0.2, -0.15) is 4.98 Å². The summed E-state index contributed by atoms with van der Waals surface area (Å²) in [6.45, 7) is 0. The number of benzene rings is 1. The third-order valence-corrected chi connectivity index (χ3v) is 2.73. The molecule has 0 spiro atoms. The Bertz CT molecular complexity index is 515. The van der Waals surface area contributed by atoms with Gasteiger partial charge in [-0.25, -0.2) is 4.98 Å². The van der Waals surface area contributed by atoms with Crippen LogP contribution in [0, 0.1) is 0 Å². The van der Waals surface area contributed by atoms with Crippen LogP contribution in [0.15, 0.2) is 34.9 Å². The number of anilines is 3. The van der Waals surface area contributed by atoms with Crippen molar-refractivity contribution in [1.82, 2.24) is 9.97 Å². The van der Waals surface area contributed by atoms with Crippen molar-refractivity contribution < 1.29 is 4.74 Å². The molecule has 0 aliphatic carbocycles. The summed E-state index contributed by atoms with van der Waals surface area (Å²) in [7, 11) is 1.63. The van der Waals surface area contributed by atoms with E-state index in [-0.39, 0.29) is 0 Å². The molecule has 0 atom stereocenters. The third kappa shape index (κ3) is 2.85. The molecule has 88 valence electrons. The van der Waals surface area contributed by atoms with E-state index in [1.807, 2.05) is 24.3 Å². The van der Waals surface area contributed by atoms with Gasteiger partial charge in [0.1, 0.15) is 11.6 Å². The number of hydrogen-bond acceptors (Lipinski definition) is 5. The lowest BCUT2D eigenvalue weighted by Gasteiger charge is -2.06. The zero-order valence-electron chi connectivity index (χ0n) is 9.14. The minimum Gasteiger partial charge on any atom is -0.497 e. The maximum Gasteiger partial charge on any atom is 0.229 e. The molecule has 0 radical (unpaired) electrons. The van der Waals surface area contributed by atoms with Gasteiger partial charge in [-0.3, -0.25) is 0 Å². The Hall–Kier alpha value is -1.82. The van der Waals surface area contributed by atoms with Gasteiger partial charge >= 0.3 is 0 Å². The van der Waals surface area contributed by atoms with E-state index in [1.165, 1.54) is 0 Å². The molecule has 0 saturated heterocycles. The average molecular weight is 295 g/mol. The number of rotatable bonds is 3. The molecule has 0 aliphatic heterocycles. The van der Waals surface area contributed by atoms with Gasteiger partial charge in [-0.05, 0) is 40.2 Å². The van der Waals surface area contributed by atoms with E-state index in [1.54, 1.807) is 13.3 Å². The molecule has 0 aliphatic rings. The van der Waals surface area contributed by atoms with Crippen LogP contribution >= 0.6 is 15.9 Å². The molecular weight excluding hydrogens is 284 g/mol. The SMILES string of the molecule is COc1ccc(Nc2ncc(Br)c(N)n2)cc1. The van der Waals surface area contributed by atoms with Crippen LogP contribution < -0.4 is 15.8 Å². The first-order valence-corrected chi connectivity index (χ1v) is 5.67. The lowest BCUT2D eigenvalue weighted by molar-refractivity contribution is 0.415. The first kappa shape index (κ1) is 11.7. The number of halogens is 1. The fourth-order valence-electron chi connectivity index (χ4n) is 1.24. The molecule has 5 nitrogen and oxygen atoms in total. The molecule has 0 saturated carbocycles. The predicted molar refractivity (Wildman–Crippen MR) is 70.4 cm³/mol. The fraction of sp³-hybridized carbons (Fsp3) is 0.0909. The molecular formula is C11H11BrN4O. The van der Waals surface area contributed by atoms with Crippen LogP contribution in [0.25, 0.3) is 0 Å². The molecule has 0 unspecified atom stereocenters. The summed E-state index contributed by atoms with van der Waals surface area (Å²) in [4.78, 5) is 8.18. The van der Waals surface area contributed by atoms with Crippen LogP contribution in [0.1, 0.15) is 0 Å². The van der Waals surface area contributed by atoms with E-state index in [9.17, 15) is 0 Å². The Balaban J connectivity index is 2.16. The third-order valence-electron chi connectivity index (χ3n) is 2.12. The highest BCUT2D eigenvalue weighted by molar-refractivity contribution is 9.10. The van der Waals surface area contributed by atoms with Crippen molar-refractivity contribution in [2.45, 2.75) is 0 Å². The van der Waals surface area contributed by atoms with Gasteiger partial charge in [-0.1, -0.05) is 0 Å². The second-order valence-corrected chi connectivity index (χ2v) is 4.13. The molecule has 1 heterocycles. The summed E-state index contributed by atoms with van der Waals surface area (Å²) in [5, 5.41) is 3.04. The summed E-state index contributed by atoms with van der Waals surface area (Å²) in [5.74, 6) is 1.65. The second-order valence-electron chi connectivity index (χ2n) is 3.28. The quantitative estimate of drug-likeness (QED) is 0.910. The van der Waals surface area contributed by atoms with Gasteiger partial charge in [0, 0.05) is 11.9 Å². The smallest absolute Gasteiger partial charge is 0.229 e. The van der Waals surface area contributed by atoms with Crippen LogP contribution in [0.4, 0.5) is 17.5 Å². The minimum atomic E-state index is 0.399. The normalized spacial score (nSPS) is 10.0. The Labute approximate surface area is 107 Å². The van der Waals surface area contributed by atoms with Crippen LogP contribution in [-0.2, 0) is 0 Å². The van der Waals surface area contributed by atoms with Crippen molar-refractivity contribution in [2.75, 3.05) is 18.2 Å². The Morgan fingerprint density at radius 2 is 2.00 bits per heavy atom. The monoisotopic (exact) mass is 294 g/mol. The maximum absolute atomic E-state index is 5.66. The standard InChI is InChI=1S/C11H11BrN4O/c1-17-8-4-2-7(3-5-8)15-11-14-6-9(12)10(13)16-11/h2-6H,1H3,(H3,13,14,15,16). The lowest BCUT2D eigenvalue weighted by Crippen LogP contribution is -2.00. The molecule has 2 rings (SSSR count). The van der Waals surface area contributed by atoms with Crippen LogP contribution in [0.3, 0.4) is 0 Å². The predicted octanol–water partition coefficient (Wildman–Crippen LogP) is 2.57. The number of nitrogens with one attached hydrogen (secondary N) is 1. The van der Waals surface area contributed by atoms with Crippen LogP contribution in [-0.4, -0.2) is 17.1 Å². The highest BCUT2D eigenvalue weighted by Crippen LogP contribution is 2.20. The number of nitrogens with two attached hydrogens (primary N) is 1. The van der Waals surface area contributed by atoms with Crippen molar-refractivity contribution in [3.05, 3.63) is 34.9 Å². The van der Waals surface area contributed by atoms with Gasteiger partial charge in [0.15, 0.2) is 0 Å². The van der Waals surface area contributed by atoms with Gasteiger partial charge < -0.3 is 15.8 Å². The molecule has 3 N–H and O–H groups in total. The molecule has 6 heteroatoms. The molecule has 0 fully saturated rings. The summed E-state index contributed by atoms with van der Waals surface area (Å²) in [6, 6.07) is 7.45. The lowest BCUT2D eigenvalue weighted by atomic mass is 10.3. The number of nitrogens with zero attached hydrogens (tertiary/aromatic N) is 2. The first-order chi connectivity index (χ1) is 8.19. The zero-order valence-corrected chi connectivity index (χ0v) is 10.7. The largest absolute Gasteiger partial charge is 0.497 e. The summed E-state index contributed by atoms with van der Waals surface area (Å²) in [5.41, 5.74) is 6.53. The van der Waals surface area contributed by atoms with E-state index >= 15 is 0 Å². The molecule has 1 aromatic heterocycles. The van der Waals surface area contributed by atoms with Crippen molar-refractivity contribution in [3.8, 4) is 5.75 Å². The second kappa shape index (κ2) is 5.01. The van der Waals surface area contributed by atoms with Gasteiger partial charge in [0.25, 0.3) is 0 Å². The molecule has 17 heavy (non-hydrogen) atoms. The molecule has 1 aromatic carbocycles. The minimum absolute atomic E-state index is 0.399. The highest BCUT2D eigenvalue weighted by atomic mass is 79.9. The highest BCUT2D eigenvalue weighted by Gasteiger charge is 2.02. The number of methoxy groups -OCH3 is 1. The van der Waals surface area contributed by atoms with E-state index < -0.39 is 0 Å². The Morgan fingerprint density at radius 3 is 2.59 bits per heavy atom. The fourth-order valence-corrected chi connectivity index (χ4v) is 1.44. The van der Waals surface area contributed by atoms with E-state index in [2.05, 4.69) is 31.2 Å². The van der Waals surface area contributed by atoms with Crippen LogP contribution in [0.2, 0.25) is 0 Å². The van der Waals surface area contributed by atoms with E-state index in [4.69, 9.17) is 10.5 Å². The van der Waals surface area contributed by atoms with E-state index in [0.717, 1.165) is 11.4 Å². The van der Waals surface area contributed by atoms with Crippen LogP contribution in [0.5, 0.6) is 5.75 Å². The maximum atomic E-state index is 5.66. The number of hydrogen-bond donors (Lipinski definition) is 2. The molecule has 2 aromatic rings. The topological polar surface area (TPSA) is 73.1 Å². The molecule has 0 amide bonds. The van der Waals surface area contributed by atoms with Gasteiger partial charge in [0.05, 0.1) is 11.6 Å². The summed E-state index contributed by atoms with van der Waals surface area (Å²) >= 11 is 3.24. The Morgan fingerprint density at radius 1 is 1.29 bits per heavy atom. The van der Waals surface area contributed by atoms with Gasteiger partial charge in [0.2, 0.25) is 5.95 Å². The number of aromatic nitrogens is 2. The first-order valence-electron chi connectivity index (χ1n) is 4.88. The van der Waals surface area contributed by atoms with Gasteiger partial charge in [-0.15, -0.1) is 0 Å².